The van der Waals surface area contributed by atoms with Crippen LogP contribution in [0, 0.1) is 12.3 Å². The van der Waals surface area contributed by atoms with Gasteiger partial charge in [0.15, 0.2) is 0 Å². The highest BCUT2D eigenvalue weighted by Gasteiger charge is 2.11. The number of terminal acetylenes is 1. The minimum Gasteiger partial charge on any atom is -0.487 e. The molecule has 0 atom stereocenters. The Morgan fingerprint density at radius 3 is 2.66 bits per heavy atom. The number of aromatic nitrogens is 1. The number of carbonyl (C=O) groups is 2. The first-order valence-corrected chi connectivity index (χ1v) is 9.96. The predicted octanol–water partition coefficient (Wildman–Crippen LogP) is 3.75. The minimum absolute atomic E-state index is 0.0796. The maximum absolute atomic E-state index is 12.3. The van der Waals surface area contributed by atoms with Crippen LogP contribution in [0.4, 0.5) is 5.69 Å². The molecular formula is C26H23N3O3. The molecule has 32 heavy (non-hydrogen) atoms. The lowest BCUT2D eigenvalue weighted by molar-refractivity contribution is -0.129. The number of hydrogen-bond acceptors (Lipinski definition) is 4. The van der Waals surface area contributed by atoms with Crippen LogP contribution in [0.25, 0.3) is 6.08 Å². The molecule has 1 N–H and O–H groups in total. The molecule has 0 fully saturated rings. The third-order valence-electron chi connectivity index (χ3n) is 4.48. The van der Waals surface area contributed by atoms with Gasteiger partial charge in [0.2, 0.25) is 11.8 Å². The van der Waals surface area contributed by atoms with Crippen LogP contribution in [0.3, 0.4) is 0 Å². The molecule has 2 aromatic carbocycles. The largest absolute Gasteiger partial charge is 0.487 e. The van der Waals surface area contributed by atoms with Crippen LogP contribution >= 0.6 is 0 Å². The standard InChI is InChI=1S/C26H23N3O3/c1-3-20-7-6-9-22(17-20)28-25(30)18-29(2)26(31)15-12-21-10-13-24(14-11-21)32-19-23-8-4-5-16-27-23/h1,4-17H,18-19H2,2H3,(H,28,30)/b15-12+. The number of anilines is 1. The molecule has 0 saturated carbocycles. The molecule has 160 valence electrons. The molecule has 0 spiro atoms. The SMILES string of the molecule is C#Cc1cccc(NC(=O)CN(C)C(=O)/C=C/c2ccc(OCc3ccccn3)cc2)c1. The normalized spacial score (nSPS) is 10.4. The maximum Gasteiger partial charge on any atom is 0.246 e. The molecule has 1 heterocycles. The Labute approximate surface area is 187 Å². The van der Waals surface area contributed by atoms with E-state index in [-0.39, 0.29) is 18.4 Å². The molecule has 0 aliphatic heterocycles. The second-order valence-electron chi connectivity index (χ2n) is 6.98. The lowest BCUT2D eigenvalue weighted by Gasteiger charge is -2.15. The van der Waals surface area contributed by atoms with Crippen molar-refractivity contribution in [3.05, 3.63) is 95.8 Å². The van der Waals surface area contributed by atoms with Crippen LogP contribution in [0.5, 0.6) is 5.75 Å². The van der Waals surface area contributed by atoms with E-state index in [1.807, 2.05) is 42.5 Å². The first-order chi connectivity index (χ1) is 15.5. The summed E-state index contributed by atoms with van der Waals surface area (Å²) in [4.78, 5) is 30.1. The van der Waals surface area contributed by atoms with E-state index in [1.165, 1.54) is 11.0 Å². The Morgan fingerprint density at radius 2 is 1.94 bits per heavy atom. The average molecular weight is 425 g/mol. The van der Waals surface area contributed by atoms with Crippen LogP contribution in [-0.4, -0.2) is 35.3 Å². The predicted molar refractivity (Wildman–Crippen MR) is 125 cm³/mol. The zero-order chi connectivity index (χ0) is 22.8. The second kappa shape index (κ2) is 11.1. The summed E-state index contributed by atoms with van der Waals surface area (Å²) in [6, 6.07) is 20.0. The van der Waals surface area contributed by atoms with Crippen molar-refractivity contribution in [3.63, 3.8) is 0 Å². The lowest BCUT2D eigenvalue weighted by Crippen LogP contribution is -2.33. The van der Waals surface area contributed by atoms with Crippen molar-refractivity contribution in [2.24, 2.45) is 0 Å². The number of likely N-dealkylation sites (N-methyl/N-ethyl adjacent to an activating group) is 1. The quantitative estimate of drug-likeness (QED) is 0.441. The van der Waals surface area contributed by atoms with Gasteiger partial charge in [-0.05, 0) is 54.1 Å². The van der Waals surface area contributed by atoms with E-state index in [9.17, 15) is 9.59 Å². The average Bonchev–Trinajstić information content (AvgIpc) is 2.82. The number of hydrogen-bond donors (Lipinski definition) is 1. The zero-order valence-electron chi connectivity index (χ0n) is 17.7. The number of amides is 2. The van der Waals surface area contributed by atoms with Crippen LogP contribution in [0.15, 0.2) is 79.0 Å². The van der Waals surface area contributed by atoms with Gasteiger partial charge in [-0.1, -0.05) is 30.2 Å². The van der Waals surface area contributed by atoms with Gasteiger partial charge < -0.3 is 15.0 Å². The van der Waals surface area contributed by atoms with Gasteiger partial charge >= 0.3 is 0 Å². The van der Waals surface area contributed by atoms with Crippen molar-refractivity contribution in [1.29, 1.82) is 0 Å². The fraction of sp³-hybridized carbons (Fsp3) is 0.115. The van der Waals surface area contributed by atoms with E-state index in [0.717, 1.165) is 11.3 Å². The Balaban J connectivity index is 1.48. The molecule has 0 radical (unpaired) electrons. The molecule has 2 amide bonds. The highest BCUT2D eigenvalue weighted by molar-refractivity contribution is 5.98. The topological polar surface area (TPSA) is 71.5 Å². The van der Waals surface area contributed by atoms with Gasteiger partial charge in [-0.15, -0.1) is 6.42 Å². The van der Waals surface area contributed by atoms with Gasteiger partial charge in [0.25, 0.3) is 0 Å². The summed E-state index contributed by atoms with van der Waals surface area (Å²) >= 11 is 0. The van der Waals surface area contributed by atoms with Gasteiger partial charge in [0.05, 0.1) is 12.2 Å². The Morgan fingerprint density at radius 1 is 1.12 bits per heavy atom. The van der Waals surface area contributed by atoms with Gasteiger partial charge in [0, 0.05) is 30.6 Å². The number of rotatable bonds is 8. The number of nitrogens with one attached hydrogen (secondary N) is 1. The smallest absolute Gasteiger partial charge is 0.246 e. The van der Waals surface area contributed by atoms with Crippen LogP contribution < -0.4 is 10.1 Å². The summed E-state index contributed by atoms with van der Waals surface area (Å²) in [5, 5.41) is 2.74. The highest BCUT2D eigenvalue weighted by Crippen LogP contribution is 2.15. The molecule has 0 aliphatic carbocycles. The summed E-state index contributed by atoms with van der Waals surface area (Å²) in [6.07, 6.45) is 10.2. The molecule has 0 unspecified atom stereocenters. The molecule has 3 aromatic rings. The second-order valence-corrected chi connectivity index (χ2v) is 6.98. The summed E-state index contributed by atoms with van der Waals surface area (Å²) in [6.45, 7) is 0.304. The molecule has 6 nitrogen and oxygen atoms in total. The molecule has 6 heteroatoms. The fourth-order valence-corrected chi connectivity index (χ4v) is 2.79. The molecular weight excluding hydrogens is 402 g/mol. The number of ether oxygens (including phenoxy) is 1. The number of carbonyl (C=O) groups excluding carboxylic acids is 2. The Kier molecular flexibility index (Phi) is 7.77. The number of pyridine rings is 1. The van der Waals surface area contributed by atoms with E-state index in [0.29, 0.717) is 23.6 Å². The van der Waals surface area contributed by atoms with Crippen molar-refractivity contribution in [3.8, 4) is 18.1 Å². The summed E-state index contributed by atoms with van der Waals surface area (Å²) in [5.41, 5.74) is 2.95. The van der Waals surface area contributed by atoms with E-state index < -0.39 is 0 Å². The first-order valence-electron chi connectivity index (χ1n) is 9.96. The van der Waals surface area contributed by atoms with Crippen LogP contribution in [-0.2, 0) is 16.2 Å². The Bertz CT molecular complexity index is 1130. The van der Waals surface area contributed by atoms with Crippen molar-refractivity contribution in [1.82, 2.24) is 9.88 Å². The van der Waals surface area contributed by atoms with E-state index >= 15 is 0 Å². The lowest BCUT2D eigenvalue weighted by atomic mass is 10.2. The van der Waals surface area contributed by atoms with Crippen molar-refractivity contribution < 1.29 is 14.3 Å². The number of benzene rings is 2. The summed E-state index contributed by atoms with van der Waals surface area (Å²) < 4.78 is 5.70. The first kappa shape index (κ1) is 22.3. The third-order valence-corrected chi connectivity index (χ3v) is 4.48. The van der Waals surface area contributed by atoms with Gasteiger partial charge in [0.1, 0.15) is 12.4 Å². The minimum atomic E-state index is -0.308. The third kappa shape index (κ3) is 6.85. The van der Waals surface area contributed by atoms with Crippen molar-refractivity contribution in [2.45, 2.75) is 6.61 Å². The summed E-state index contributed by atoms with van der Waals surface area (Å²) in [7, 11) is 1.57. The molecule has 1 aromatic heterocycles. The summed E-state index contributed by atoms with van der Waals surface area (Å²) in [5.74, 6) is 2.63. The molecule has 0 aliphatic rings. The molecule has 0 saturated heterocycles. The van der Waals surface area contributed by atoms with Crippen molar-refractivity contribution >= 4 is 23.6 Å². The van der Waals surface area contributed by atoms with Crippen molar-refractivity contribution in [2.75, 3.05) is 18.9 Å². The van der Waals surface area contributed by atoms with Gasteiger partial charge in [-0.25, -0.2) is 0 Å². The monoisotopic (exact) mass is 425 g/mol. The van der Waals surface area contributed by atoms with E-state index in [4.69, 9.17) is 11.2 Å². The van der Waals surface area contributed by atoms with Gasteiger partial charge in [-0.3, -0.25) is 14.6 Å². The molecule has 0 bridgehead atoms. The van der Waals surface area contributed by atoms with Gasteiger partial charge in [-0.2, -0.15) is 0 Å². The highest BCUT2D eigenvalue weighted by atomic mass is 16.5. The molecule has 3 rings (SSSR count). The number of nitrogens with zero attached hydrogens (tertiary/aromatic N) is 2. The van der Waals surface area contributed by atoms with E-state index in [2.05, 4.69) is 16.2 Å². The maximum atomic E-state index is 12.3. The zero-order valence-corrected chi connectivity index (χ0v) is 17.7. The fourth-order valence-electron chi connectivity index (χ4n) is 2.79. The van der Waals surface area contributed by atoms with Crippen LogP contribution in [0.1, 0.15) is 16.8 Å². The Hall–Kier alpha value is -4.37. The van der Waals surface area contributed by atoms with Crippen LogP contribution in [0.2, 0.25) is 0 Å². The van der Waals surface area contributed by atoms with E-state index in [1.54, 1.807) is 43.6 Å².